The molecule has 1 aliphatic carbocycles. The molecule has 116 valence electrons. The van der Waals surface area contributed by atoms with Crippen LogP contribution in [0.3, 0.4) is 0 Å². The molecule has 2 unspecified atom stereocenters. The standard InChI is InChI=1S/C16H25N3O2/c1-21-10-9-19(12-14-6-2-3-8-18-14)16(20)15-7-4-5-13(15)11-17/h2-3,6,8,13,15H,4-5,7,9-12,17H2,1H3. The molecule has 1 heterocycles. The second kappa shape index (κ2) is 8.10. The molecule has 1 fully saturated rings. The van der Waals surface area contributed by atoms with Gasteiger partial charge < -0.3 is 15.4 Å². The molecule has 0 saturated heterocycles. The largest absolute Gasteiger partial charge is 0.383 e. The first-order valence-corrected chi connectivity index (χ1v) is 7.64. The van der Waals surface area contributed by atoms with Crippen LogP contribution in [0.25, 0.3) is 0 Å². The number of hydrogen-bond donors (Lipinski definition) is 1. The molecule has 1 aromatic rings. The van der Waals surface area contributed by atoms with E-state index in [1.807, 2.05) is 23.1 Å². The van der Waals surface area contributed by atoms with Crippen LogP contribution in [0.15, 0.2) is 24.4 Å². The van der Waals surface area contributed by atoms with Crippen molar-refractivity contribution in [1.29, 1.82) is 0 Å². The molecule has 1 aromatic heterocycles. The number of carbonyl (C=O) groups is 1. The van der Waals surface area contributed by atoms with E-state index in [4.69, 9.17) is 10.5 Å². The van der Waals surface area contributed by atoms with Gasteiger partial charge in [0, 0.05) is 25.8 Å². The number of hydrogen-bond acceptors (Lipinski definition) is 4. The molecule has 2 rings (SSSR count). The Morgan fingerprint density at radius 1 is 1.48 bits per heavy atom. The third-order valence-corrected chi connectivity index (χ3v) is 4.24. The lowest BCUT2D eigenvalue weighted by Crippen LogP contribution is -2.40. The van der Waals surface area contributed by atoms with E-state index in [1.165, 1.54) is 0 Å². The molecule has 0 spiro atoms. The third kappa shape index (κ3) is 4.25. The van der Waals surface area contributed by atoms with E-state index in [2.05, 4.69) is 4.98 Å². The van der Waals surface area contributed by atoms with Gasteiger partial charge in [-0.3, -0.25) is 9.78 Å². The smallest absolute Gasteiger partial charge is 0.226 e. The molecular formula is C16H25N3O2. The second-order valence-corrected chi connectivity index (χ2v) is 5.61. The third-order valence-electron chi connectivity index (χ3n) is 4.24. The highest BCUT2D eigenvalue weighted by Crippen LogP contribution is 2.32. The van der Waals surface area contributed by atoms with E-state index in [1.54, 1.807) is 13.3 Å². The predicted molar refractivity (Wildman–Crippen MR) is 81.4 cm³/mol. The Morgan fingerprint density at radius 2 is 2.33 bits per heavy atom. The average Bonchev–Trinajstić information content (AvgIpc) is 3.00. The number of ether oxygens (including phenoxy) is 1. The van der Waals surface area contributed by atoms with E-state index in [9.17, 15) is 4.79 Å². The lowest BCUT2D eigenvalue weighted by atomic mass is 9.94. The van der Waals surface area contributed by atoms with Gasteiger partial charge in [0.2, 0.25) is 5.91 Å². The van der Waals surface area contributed by atoms with Crippen LogP contribution in [-0.4, -0.2) is 42.6 Å². The highest BCUT2D eigenvalue weighted by Gasteiger charge is 2.34. The Hall–Kier alpha value is -1.46. The van der Waals surface area contributed by atoms with Crippen LogP contribution in [0.5, 0.6) is 0 Å². The maximum Gasteiger partial charge on any atom is 0.226 e. The normalized spacial score (nSPS) is 21.4. The summed E-state index contributed by atoms with van der Waals surface area (Å²) in [5, 5.41) is 0. The summed E-state index contributed by atoms with van der Waals surface area (Å²) in [6.07, 6.45) is 4.87. The van der Waals surface area contributed by atoms with Gasteiger partial charge in [0.15, 0.2) is 0 Å². The number of nitrogens with zero attached hydrogens (tertiary/aromatic N) is 2. The Kier molecular flexibility index (Phi) is 6.14. The summed E-state index contributed by atoms with van der Waals surface area (Å²) in [5.74, 6) is 0.590. The zero-order valence-corrected chi connectivity index (χ0v) is 12.7. The number of methoxy groups -OCH3 is 1. The Bertz CT molecular complexity index is 438. The van der Waals surface area contributed by atoms with Gasteiger partial charge in [0.25, 0.3) is 0 Å². The van der Waals surface area contributed by atoms with Crippen molar-refractivity contribution in [3.8, 4) is 0 Å². The van der Waals surface area contributed by atoms with Gasteiger partial charge in [-0.25, -0.2) is 0 Å². The molecule has 2 N–H and O–H groups in total. The SMILES string of the molecule is COCCN(Cc1ccccn1)C(=O)C1CCCC1CN. The summed E-state index contributed by atoms with van der Waals surface area (Å²) in [6, 6.07) is 5.77. The van der Waals surface area contributed by atoms with E-state index < -0.39 is 0 Å². The molecule has 0 aromatic carbocycles. The summed E-state index contributed by atoms with van der Waals surface area (Å²) < 4.78 is 5.14. The van der Waals surface area contributed by atoms with Crippen molar-refractivity contribution < 1.29 is 9.53 Å². The minimum absolute atomic E-state index is 0.0653. The molecule has 1 aliphatic rings. The first-order valence-electron chi connectivity index (χ1n) is 7.64. The number of rotatable bonds is 7. The predicted octanol–water partition coefficient (Wildman–Crippen LogP) is 1.43. The van der Waals surface area contributed by atoms with Gasteiger partial charge in [-0.1, -0.05) is 12.5 Å². The highest BCUT2D eigenvalue weighted by atomic mass is 16.5. The van der Waals surface area contributed by atoms with Crippen molar-refractivity contribution in [3.63, 3.8) is 0 Å². The minimum atomic E-state index is 0.0653. The van der Waals surface area contributed by atoms with Crippen LogP contribution in [0.4, 0.5) is 0 Å². The number of aromatic nitrogens is 1. The van der Waals surface area contributed by atoms with E-state index >= 15 is 0 Å². The van der Waals surface area contributed by atoms with Gasteiger partial charge >= 0.3 is 0 Å². The van der Waals surface area contributed by atoms with E-state index in [0.29, 0.717) is 32.2 Å². The Morgan fingerprint density at radius 3 is 3.00 bits per heavy atom. The molecule has 5 nitrogen and oxygen atoms in total. The zero-order chi connectivity index (χ0) is 15.1. The lowest BCUT2D eigenvalue weighted by molar-refractivity contribution is -0.138. The molecule has 0 aliphatic heterocycles. The van der Waals surface area contributed by atoms with Gasteiger partial charge in [-0.2, -0.15) is 0 Å². The first-order chi connectivity index (χ1) is 10.3. The number of pyridine rings is 1. The summed E-state index contributed by atoms with van der Waals surface area (Å²) >= 11 is 0. The molecule has 1 saturated carbocycles. The maximum atomic E-state index is 12.8. The number of carbonyl (C=O) groups excluding carboxylic acids is 1. The van der Waals surface area contributed by atoms with Gasteiger partial charge in [0.1, 0.15) is 0 Å². The van der Waals surface area contributed by atoms with Crippen molar-refractivity contribution in [2.24, 2.45) is 17.6 Å². The zero-order valence-electron chi connectivity index (χ0n) is 12.7. The summed E-state index contributed by atoms with van der Waals surface area (Å²) in [6.45, 7) is 2.27. The van der Waals surface area contributed by atoms with Crippen LogP contribution in [0.1, 0.15) is 25.0 Å². The molecule has 21 heavy (non-hydrogen) atoms. The Labute approximate surface area is 126 Å². The fraction of sp³-hybridized carbons (Fsp3) is 0.625. The van der Waals surface area contributed by atoms with Crippen molar-refractivity contribution in [3.05, 3.63) is 30.1 Å². The molecule has 1 amide bonds. The van der Waals surface area contributed by atoms with Crippen molar-refractivity contribution in [1.82, 2.24) is 9.88 Å². The van der Waals surface area contributed by atoms with Crippen LogP contribution in [0, 0.1) is 11.8 Å². The van der Waals surface area contributed by atoms with Crippen molar-refractivity contribution >= 4 is 5.91 Å². The van der Waals surface area contributed by atoms with E-state index in [0.717, 1.165) is 25.0 Å². The number of amides is 1. The van der Waals surface area contributed by atoms with Gasteiger partial charge in [-0.05, 0) is 37.4 Å². The minimum Gasteiger partial charge on any atom is -0.383 e. The summed E-state index contributed by atoms with van der Waals surface area (Å²) in [4.78, 5) is 19.0. The molecule has 2 atom stereocenters. The van der Waals surface area contributed by atoms with Crippen molar-refractivity contribution in [2.75, 3.05) is 26.8 Å². The Balaban J connectivity index is 2.05. The maximum absolute atomic E-state index is 12.8. The fourth-order valence-electron chi connectivity index (χ4n) is 3.03. The van der Waals surface area contributed by atoms with Crippen LogP contribution >= 0.6 is 0 Å². The summed E-state index contributed by atoms with van der Waals surface area (Å²) in [5.41, 5.74) is 6.71. The highest BCUT2D eigenvalue weighted by molar-refractivity contribution is 5.79. The van der Waals surface area contributed by atoms with E-state index in [-0.39, 0.29) is 11.8 Å². The molecule has 0 radical (unpaired) electrons. The van der Waals surface area contributed by atoms with Crippen molar-refractivity contribution in [2.45, 2.75) is 25.8 Å². The topological polar surface area (TPSA) is 68.5 Å². The van der Waals surface area contributed by atoms with Gasteiger partial charge in [-0.15, -0.1) is 0 Å². The molecule has 5 heteroatoms. The molecule has 0 bridgehead atoms. The first kappa shape index (κ1) is 15.9. The fourth-order valence-corrected chi connectivity index (χ4v) is 3.03. The quantitative estimate of drug-likeness (QED) is 0.825. The monoisotopic (exact) mass is 291 g/mol. The lowest BCUT2D eigenvalue weighted by Gasteiger charge is -2.27. The van der Waals surface area contributed by atoms with Gasteiger partial charge in [0.05, 0.1) is 18.8 Å². The molecular weight excluding hydrogens is 266 g/mol. The van der Waals surface area contributed by atoms with Crippen LogP contribution in [-0.2, 0) is 16.1 Å². The summed E-state index contributed by atoms with van der Waals surface area (Å²) in [7, 11) is 1.65. The van der Waals surface area contributed by atoms with Crippen LogP contribution in [0.2, 0.25) is 0 Å². The van der Waals surface area contributed by atoms with Crippen LogP contribution < -0.4 is 5.73 Å². The average molecular weight is 291 g/mol. The second-order valence-electron chi connectivity index (χ2n) is 5.61. The number of nitrogens with two attached hydrogens (primary N) is 1.